The van der Waals surface area contributed by atoms with Gasteiger partial charge in [-0.3, -0.25) is 9.59 Å². The summed E-state index contributed by atoms with van der Waals surface area (Å²) in [5.74, 6) is -1.79. The number of carbonyl (C=O) groups is 2. The van der Waals surface area contributed by atoms with Crippen LogP contribution in [0, 0.1) is 0 Å². The molecule has 0 saturated heterocycles. The number of rotatable bonds is 7. The summed E-state index contributed by atoms with van der Waals surface area (Å²) in [6.07, 6.45) is -3.44. The van der Waals surface area contributed by atoms with E-state index in [0.717, 1.165) is 0 Å². The first kappa shape index (κ1) is 23.1. The lowest BCUT2D eigenvalue weighted by molar-refractivity contribution is -0.174. The van der Waals surface area contributed by atoms with Crippen molar-refractivity contribution in [1.82, 2.24) is 10.3 Å². The molecule has 0 unspecified atom stereocenters. The molecule has 168 valence electrons. The minimum Gasteiger partial charge on any atom is -0.496 e. The summed E-state index contributed by atoms with van der Waals surface area (Å²) in [5, 5.41) is 3.21. The molecule has 6 nitrogen and oxygen atoms in total. The van der Waals surface area contributed by atoms with Crippen molar-refractivity contribution in [2.45, 2.75) is 26.1 Å². The molecule has 1 N–H and O–H groups in total. The van der Waals surface area contributed by atoms with Gasteiger partial charge < -0.3 is 14.8 Å². The maximum Gasteiger partial charge on any atom is 0.471 e. The van der Waals surface area contributed by atoms with Gasteiger partial charge in [0.15, 0.2) is 5.78 Å². The molecule has 3 rings (SSSR count). The normalized spacial score (nSPS) is 12.3. The fourth-order valence-electron chi connectivity index (χ4n) is 3.30. The predicted octanol–water partition coefficient (Wildman–Crippen LogP) is 4.61. The number of nitrogens with zero attached hydrogens (tertiary/aromatic N) is 1. The average molecular weight is 446 g/mol. The zero-order valence-corrected chi connectivity index (χ0v) is 17.6. The molecule has 0 fully saturated rings. The largest absolute Gasteiger partial charge is 0.496 e. The molecule has 1 aromatic heterocycles. The number of amides is 1. The molecule has 0 bridgehead atoms. The van der Waals surface area contributed by atoms with Crippen LogP contribution in [-0.2, 0) is 4.79 Å². The number of alkyl halides is 3. The Morgan fingerprint density at radius 1 is 1.09 bits per heavy atom. The van der Waals surface area contributed by atoms with Crippen LogP contribution in [0.2, 0.25) is 0 Å². The quantitative estimate of drug-likeness (QED) is 0.537. The van der Waals surface area contributed by atoms with Gasteiger partial charge in [-0.05, 0) is 49.1 Å². The second-order valence-electron chi connectivity index (χ2n) is 6.93. The molecule has 0 spiro atoms. The first-order chi connectivity index (χ1) is 15.2. The summed E-state index contributed by atoms with van der Waals surface area (Å²) in [4.78, 5) is 28.8. The lowest BCUT2D eigenvalue weighted by atomic mass is 9.95. The summed E-state index contributed by atoms with van der Waals surface area (Å²) >= 11 is 0. The number of hydrogen-bond acceptors (Lipinski definition) is 5. The van der Waals surface area contributed by atoms with Crippen LogP contribution in [0.5, 0.6) is 11.6 Å². The number of halogens is 3. The average Bonchev–Trinajstić information content (AvgIpc) is 2.77. The van der Waals surface area contributed by atoms with Crippen LogP contribution in [0.25, 0.3) is 10.8 Å². The first-order valence-electron chi connectivity index (χ1n) is 9.78. The number of ether oxygens (including phenoxy) is 2. The van der Waals surface area contributed by atoms with Crippen molar-refractivity contribution in [3.8, 4) is 11.6 Å². The fraction of sp³-hybridized carbons (Fsp3) is 0.261. The highest BCUT2D eigenvalue weighted by atomic mass is 19.4. The van der Waals surface area contributed by atoms with Gasteiger partial charge in [0.05, 0.1) is 25.3 Å². The Morgan fingerprint density at radius 3 is 2.50 bits per heavy atom. The molecule has 1 heterocycles. The highest BCUT2D eigenvalue weighted by Crippen LogP contribution is 2.31. The number of carbonyl (C=O) groups excluding carboxylic acids is 2. The van der Waals surface area contributed by atoms with Crippen molar-refractivity contribution < 1.29 is 32.2 Å². The van der Waals surface area contributed by atoms with E-state index in [-0.39, 0.29) is 17.1 Å². The van der Waals surface area contributed by atoms with E-state index < -0.39 is 18.1 Å². The Kier molecular flexibility index (Phi) is 6.67. The van der Waals surface area contributed by atoms with Crippen molar-refractivity contribution in [3.63, 3.8) is 0 Å². The van der Waals surface area contributed by atoms with Gasteiger partial charge in [0.2, 0.25) is 5.88 Å². The summed E-state index contributed by atoms with van der Waals surface area (Å²) in [6.45, 7) is 3.66. The van der Waals surface area contributed by atoms with E-state index in [1.165, 1.54) is 32.2 Å². The number of pyridine rings is 1. The van der Waals surface area contributed by atoms with E-state index in [1.807, 2.05) is 12.2 Å². The zero-order chi connectivity index (χ0) is 23.5. The van der Waals surface area contributed by atoms with Gasteiger partial charge in [0.25, 0.3) is 0 Å². The predicted molar refractivity (Wildman–Crippen MR) is 112 cm³/mol. The minimum absolute atomic E-state index is 0.177. The third-order valence-corrected chi connectivity index (χ3v) is 4.87. The van der Waals surface area contributed by atoms with E-state index >= 15 is 0 Å². The van der Waals surface area contributed by atoms with Crippen molar-refractivity contribution in [3.05, 3.63) is 65.4 Å². The summed E-state index contributed by atoms with van der Waals surface area (Å²) in [5.41, 5.74) is 0.986. The van der Waals surface area contributed by atoms with Crippen LogP contribution in [0.4, 0.5) is 13.2 Å². The molecule has 3 aromatic rings. The number of benzene rings is 2. The van der Waals surface area contributed by atoms with Gasteiger partial charge in [-0.25, -0.2) is 4.98 Å². The molecular formula is C23H21F3N2O4. The monoisotopic (exact) mass is 446 g/mol. The molecule has 0 aliphatic rings. The van der Waals surface area contributed by atoms with Gasteiger partial charge in [-0.2, -0.15) is 13.2 Å². The Hall–Kier alpha value is -3.62. The number of nitrogens with one attached hydrogen (secondary N) is 1. The summed E-state index contributed by atoms with van der Waals surface area (Å²) in [7, 11) is 1.36. The Balaban J connectivity index is 1.98. The molecule has 1 atom stereocenters. The van der Waals surface area contributed by atoms with E-state index in [1.54, 1.807) is 30.5 Å². The number of hydrogen-bond donors (Lipinski definition) is 1. The van der Waals surface area contributed by atoms with Crippen LogP contribution >= 0.6 is 0 Å². The van der Waals surface area contributed by atoms with Gasteiger partial charge in [0, 0.05) is 17.1 Å². The second-order valence-corrected chi connectivity index (χ2v) is 6.93. The maximum atomic E-state index is 13.3. The topological polar surface area (TPSA) is 77.5 Å². The van der Waals surface area contributed by atoms with E-state index in [4.69, 9.17) is 9.47 Å². The Bertz CT molecular complexity index is 1160. The van der Waals surface area contributed by atoms with Crippen molar-refractivity contribution >= 4 is 22.5 Å². The number of aromatic nitrogens is 1. The molecule has 2 aromatic carbocycles. The summed E-state index contributed by atoms with van der Waals surface area (Å²) in [6, 6.07) is 10.3. The Morgan fingerprint density at radius 2 is 1.84 bits per heavy atom. The van der Waals surface area contributed by atoms with Crippen molar-refractivity contribution in [2.24, 2.45) is 0 Å². The highest BCUT2D eigenvalue weighted by Gasteiger charge is 2.39. The molecule has 0 aliphatic carbocycles. The standard InChI is InChI=1S/C23H21F3N2O4/c1-4-32-21-17-7-5-6-16(15(17)10-11-27-21)20(29)18-9-8-14(12-19(18)31-3)13(2)28-22(30)23(24,25)26/h5-13H,4H2,1-3H3,(H,28,30)/t13-/m1/s1. The van der Waals surface area contributed by atoms with Crippen molar-refractivity contribution in [2.75, 3.05) is 13.7 Å². The molecule has 0 aliphatic heterocycles. The van der Waals surface area contributed by atoms with Gasteiger partial charge >= 0.3 is 12.1 Å². The van der Waals surface area contributed by atoms with E-state index in [0.29, 0.717) is 34.4 Å². The molecule has 32 heavy (non-hydrogen) atoms. The van der Waals surface area contributed by atoms with Crippen LogP contribution in [0.1, 0.15) is 41.4 Å². The molecule has 0 saturated carbocycles. The maximum absolute atomic E-state index is 13.3. The molecule has 9 heteroatoms. The second kappa shape index (κ2) is 9.25. The van der Waals surface area contributed by atoms with Gasteiger partial charge in [-0.1, -0.05) is 18.2 Å². The first-order valence-corrected chi connectivity index (χ1v) is 9.78. The summed E-state index contributed by atoms with van der Waals surface area (Å²) < 4.78 is 48.5. The SMILES string of the molecule is CCOc1nccc2c(C(=O)c3ccc([C@@H](C)NC(=O)C(F)(F)F)cc3OC)cccc12. The zero-order valence-electron chi connectivity index (χ0n) is 17.6. The van der Waals surface area contributed by atoms with Crippen LogP contribution in [0.3, 0.4) is 0 Å². The van der Waals surface area contributed by atoms with Crippen LogP contribution in [-0.4, -0.2) is 36.6 Å². The molecule has 1 amide bonds. The third kappa shape index (κ3) is 4.66. The smallest absolute Gasteiger partial charge is 0.471 e. The Labute approximate surface area is 182 Å². The van der Waals surface area contributed by atoms with Crippen LogP contribution < -0.4 is 14.8 Å². The molecule has 0 radical (unpaired) electrons. The number of methoxy groups -OCH3 is 1. The number of ketones is 1. The van der Waals surface area contributed by atoms with E-state index in [9.17, 15) is 22.8 Å². The van der Waals surface area contributed by atoms with Gasteiger partial charge in [0.1, 0.15) is 5.75 Å². The van der Waals surface area contributed by atoms with Crippen molar-refractivity contribution in [1.29, 1.82) is 0 Å². The van der Waals surface area contributed by atoms with E-state index in [2.05, 4.69) is 4.98 Å². The number of fused-ring (bicyclic) bond motifs is 1. The lowest BCUT2D eigenvalue weighted by Gasteiger charge is -2.18. The molecular weight excluding hydrogens is 425 g/mol. The van der Waals surface area contributed by atoms with Gasteiger partial charge in [-0.15, -0.1) is 0 Å². The minimum atomic E-state index is -4.99. The highest BCUT2D eigenvalue weighted by molar-refractivity contribution is 6.18. The fourth-order valence-corrected chi connectivity index (χ4v) is 3.30. The van der Waals surface area contributed by atoms with Crippen LogP contribution in [0.15, 0.2) is 48.7 Å². The third-order valence-electron chi connectivity index (χ3n) is 4.87. The lowest BCUT2D eigenvalue weighted by Crippen LogP contribution is -2.38.